The first kappa shape index (κ1) is 22.2. The highest BCUT2D eigenvalue weighted by molar-refractivity contribution is 5.89. The van der Waals surface area contributed by atoms with Crippen LogP contribution >= 0.6 is 0 Å². The van der Waals surface area contributed by atoms with Crippen molar-refractivity contribution >= 4 is 17.5 Å². The Balaban J connectivity index is 1.40. The summed E-state index contributed by atoms with van der Waals surface area (Å²) in [5.41, 5.74) is 2.41. The summed E-state index contributed by atoms with van der Waals surface area (Å²) in [6, 6.07) is 14.8. The first-order chi connectivity index (χ1) is 16.1. The van der Waals surface area contributed by atoms with Crippen LogP contribution in [0.25, 0.3) is 11.3 Å². The number of piperazine rings is 1. The normalized spacial score (nSPS) is 13.4. The molecule has 33 heavy (non-hydrogen) atoms. The van der Waals surface area contributed by atoms with Crippen molar-refractivity contribution in [3.8, 4) is 28.5 Å². The van der Waals surface area contributed by atoms with Gasteiger partial charge in [-0.05, 0) is 30.3 Å². The number of methoxy groups -OCH3 is 3. The van der Waals surface area contributed by atoms with E-state index in [-0.39, 0.29) is 6.03 Å². The van der Waals surface area contributed by atoms with Crippen molar-refractivity contribution < 1.29 is 19.0 Å². The molecule has 1 aliphatic heterocycles. The van der Waals surface area contributed by atoms with Crippen LogP contribution in [0.4, 0.5) is 16.3 Å². The Morgan fingerprint density at radius 1 is 0.879 bits per heavy atom. The van der Waals surface area contributed by atoms with Crippen LogP contribution in [-0.2, 0) is 0 Å². The summed E-state index contributed by atoms with van der Waals surface area (Å²) < 4.78 is 15.9. The lowest BCUT2D eigenvalue weighted by molar-refractivity contribution is 0.208. The van der Waals surface area contributed by atoms with E-state index >= 15 is 0 Å². The highest BCUT2D eigenvalue weighted by Crippen LogP contribution is 2.32. The van der Waals surface area contributed by atoms with Crippen LogP contribution in [0.15, 0.2) is 54.9 Å². The number of anilines is 2. The van der Waals surface area contributed by atoms with Crippen LogP contribution in [0.1, 0.15) is 0 Å². The van der Waals surface area contributed by atoms with Gasteiger partial charge in [0, 0.05) is 49.6 Å². The molecule has 2 amide bonds. The molecule has 0 saturated carbocycles. The fourth-order valence-electron chi connectivity index (χ4n) is 3.72. The van der Waals surface area contributed by atoms with Gasteiger partial charge in [-0.25, -0.2) is 14.8 Å². The summed E-state index contributed by atoms with van der Waals surface area (Å²) in [4.78, 5) is 25.5. The van der Waals surface area contributed by atoms with Crippen molar-refractivity contribution in [1.29, 1.82) is 0 Å². The zero-order valence-electron chi connectivity index (χ0n) is 18.9. The van der Waals surface area contributed by atoms with Crippen molar-refractivity contribution in [3.05, 3.63) is 54.9 Å². The highest BCUT2D eigenvalue weighted by Gasteiger charge is 2.22. The SMILES string of the molecule is COc1cccc(NC(=O)N2CCN(c3cc(-c4ccc(OC)c(OC)c4)ncn3)CC2)c1. The number of amides is 2. The molecule has 9 nitrogen and oxygen atoms in total. The van der Waals surface area contributed by atoms with Crippen LogP contribution in [0, 0.1) is 0 Å². The number of hydrogen-bond donors (Lipinski definition) is 1. The molecule has 1 aliphatic rings. The molecule has 1 aromatic heterocycles. The molecule has 0 spiro atoms. The lowest BCUT2D eigenvalue weighted by Gasteiger charge is -2.35. The van der Waals surface area contributed by atoms with Gasteiger partial charge in [0.15, 0.2) is 11.5 Å². The van der Waals surface area contributed by atoms with Crippen molar-refractivity contribution in [3.63, 3.8) is 0 Å². The van der Waals surface area contributed by atoms with E-state index in [2.05, 4.69) is 20.2 Å². The van der Waals surface area contributed by atoms with E-state index in [9.17, 15) is 4.79 Å². The van der Waals surface area contributed by atoms with Gasteiger partial charge < -0.3 is 29.3 Å². The third-order valence-corrected chi connectivity index (χ3v) is 5.54. The monoisotopic (exact) mass is 449 g/mol. The minimum atomic E-state index is -0.128. The minimum Gasteiger partial charge on any atom is -0.497 e. The third-order valence-electron chi connectivity index (χ3n) is 5.54. The molecule has 9 heteroatoms. The van der Waals surface area contributed by atoms with Gasteiger partial charge >= 0.3 is 6.03 Å². The van der Waals surface area contributed by atoms with E-state index in [0.29, 0.717) is 49.1 Å². The number of nitrogens with zero attached hydrogens (tertiary/aromatic N) is 4. The molecule has 1 N–H and O–H groups in total. The molecule has 0 bridgehead atoms. The molecule has 2 aromatic carbocycles. The minimum absolute atomic E-state index is 0.128. The summed E-state index contributed by atoms with van der Waals surface area (Å²) in [5, 5.41) is 2.93. The highest BCUT2D eigenvalue weighted by atomic mass is 16.5. The molecular formula is C24H27N5O4. The first-order valence-corrected chi connectivity index (χ1v) is 10.6. The summed E-state index contributed by atoms with van der Waals surface area (Å²) in [5.74, 6) is 2.83. The largest absolute Gasteiger partial charge is 0.497 e. The summed E-state index contributed by atoms with van der Waals surface area (Å²) in [6.45, 7) is 2.53. The second kappa shape index (κ2) is 10.1. The van der Waals surface area contributed by atoms with Gasteiger partial charge in [0.25, 0.3) is 0 Å². The average Bonchev–Trinajstić information content (AvgIpc) is 2.88. The predicted molar refractivity (Wildman–Crippen MR) is 126 cm³/mol. The lowest BCUT2D eigenvalue weighted by atomic mass is 10.1. The maximum Gasteiger partial charge on any atom is 0.321 e. The molecule has 0 aliphatic carbocycles. The van der Waals surface area contributed by atoms with Crippen LogP contribution in [0.2, 0.25) is 0 Å². The van der Waals surface area contributed by atoms with E-state index in [4.69, 9.17) is 14.2 Å². The Kier molecular flexibility index (Phi) is 6.77. The molecule has 4 rings (SSSR count). The van der Waals surface area contributed by atoms with Gasteiger partial charge in [0.2, 0.25) is 0 Å². The number of rotatable bonds is 6. The van der Waals surface area contributed by atoms with Crippen LogP contribution in [0.3, 0.4) is 0 Å². The van der Waals surface area contributed by atoms with Gasteiger partial charge in [-0.15, -0.1) is 0 Å². The van der Waals surface area contributed by atoms with Gasteiger partial charge in [0.1, 0.15) is 17.9 Å². The van der Waals surface area contributed by atoms with E-state index in [0.717, 1.165) is 17.1 Å². The van der Waals surface area contributed by atoms with E-state index < -0.39 is 0 Å². The zero-order chi connectivity index (χ0) is 23.2. The standard InChI is InChI=1S/C24H27N5O4/c1-31-19-6-4-5-18(14-19)27-24(30)29-11-9-28(10-12-29)23-15-20(25-16-26-23)17-7-8-21(32-2)22(13-17)33-3/h4-8,13-16H,9-12H2,1-3H3,(H,27,30). The molecule has 1 saturated heterocycles. The van der Waals surface area contributed by atoms with Crippen molar-refractivity contribution in [1.82, 2.24) is 14.9 Å². The number of benzene rings is 2. The Labute approximate surface area is 192 Å². The number of hydrogen-bond acceptors (Lipinski definition) is 7. The average molecular weight is 450 g/mol. The van der Waals surface area contributed by atoms with E-state index in [1.807, 2.05) is 42.5 Å². The molecular weight excluding hydrogens is 422 g/mol. The number of ether oxygens (including phenoxy) is 3. The lowest BCUT2D eigenvalue weighted by Crippen LogP contribution is -2.50. The van der Waals surface area contributed by atoms with Gasteiger partial charge in [-0.2, -0.15) is 0 Å². The van der Waals surface area contributed by atoms with Crippen LogP contribution in [0.5, 0.6) is 17.2 Å². The number of carbonyl (C=O) groups excluding carboxylic acids is 1. The third kappa shape index (κ3) is 5.08. The number of carbonyl (C=O) groups is 1. The second-order valence-electron chi connectivity index (χ2n) is 7.47. The molecule has 0 atom stereocenters. The smallest absolute Gasteiger partial charge is 0.321 e. The number of nitrogens with one attached hydrogen (secondary N) is 1. The Morgan fingerprint density at radius 2 is 1.67 bits per heavy atom. The Morgan fingerprint density at radius 3 is 2.39 bits per heavy atom. The number of urea groups is 1. The van der Waals surface area contributed by atoms with E-state index in [1.54, 1.807) is 38.6 Å². The van der Waals surface area contributed by atoms with Crippen LogP contribution in [-0.4, -0.2) is 68.4 Å². The van der Waals surface area contributed by atoms with E-state index in [1.165, 1.54) is 0 Å². The zero-order valence-corrected chi connectivity index (χ0v) is 18.9. The molecule has 3 aromatic rings. The maximum absolute atomic E-state index is 12.7. The quantitative estimate of drug-likeness (QED) is 0.616. The molecule has 172 valence electrons. The molecule has 0 radical (unpaired) electrons. The Bertz CT molecular complexity index is 1120. The molecule has 2 heterocycles. The molecule has 0 unspecified atom stereocenters. The summed E-state index contributed by atoms with van der Waals surface area (Å²) >= 11 is 0. The van der Waals surface area contributed by atoms with Crippen molar-refractivity contribution in [2.45, 2.75) is 0 Å². The second-order valence-corrected chi connectivity index (χ2v) is 7.47. The fraction of sp³-hybridized carbons (Fsp3) is 0.292. The predicted octanol–water partition coefficient (Wildman–Crippen LogP) is 3.52. The fourth-order valence-corrected chi connectivity index (χ4v) is 3.72. The van der Waals surface area contributed by atoms with Crippen LogP contribution < -0.4 is 24.4 Å². The van der Waals surface area contributed by atoms with Crippen molar-refractivity contribution in [2.75, 3.05) is 57.7 Å². The maximum atomic E-state index is 12.7. The van der Waals surface area contributed by atoms with Gasteiger partial charge in [-0.1, -0.05) is 6.07 Å². The Hall–Kier alpha value is -4.01. The van der Waals surface area contributed by atoms with Crippen molar-refractivity contribution in [2.24, 2.45) is 0 Å². The number of aromatic nitrogens is 2. The first-order valence-electron chi connectivity index (χ1n) is 10.6. The van der Waals surface area contributed by atoms with Gasteiger partial charge in [0.05, 0.1) is 27.0 Å². The summed E-state index contributed by atoms with van der Waals surface area (Å²) in [6.07, 6.45) is 1.56. The topological polar surface area (TPSA) is 89.1 Å². The summed E-state index contributed by atoms with van der Waals surface area (Å²) in [7, 11) is 4.82. The molecule has 1 fully saturated rings. The van der Waals surface area contributed by atoms with Gasteiger partial charge in [-0.3, -0.25) is 0 Å².